The van der Waals surface area contributed by atoms with Crippen molar-refractivity contribution < 1.29 is 9.90 Å². The molecule has 0 amide bonds. The van der Waals surface area contributed by atoms with Gasteiger partial charge in [0.1, 0.15) is 12.1 Å². The van der Waals surface area contributed by atoms with E-state index < -0.39 is 5.97 Å². The van der Waals surface area contributed by atoms with Gasteiger partial charge in [0.15, 0.2) is 5.82 Å². The Labute approximate surface area is 179 Å². The van der Waals surface area contributed by atoms with E-state index >= 15 is 0 Å². The molecule has 0 spiro atoms. The van der Waals surface area contributed by atoms with Crippen molar-refractivity contribution in [2.24, 2.45) is 0 Å². The molecule has 2 heterocycles. The Balaban J connectivity index is 1.54. The quantitative estimate of drug-likeness (QED) is 0.399. The molecule has 3 N–H and O–H groups in total. The van der Waals surface area contributed by atoms with Crippen LogP contribution in [0.4, 0.5) is 17.5 Å². The highest BCUT2D eigenvalue weighted by Crippen LogP contribution is 2.24. The molecule has 0 saturated carbocycles. The Bertz CT molecular complexity index is 1180. The van der Waals surface area contributed by atoms with E-state index in [1.165, 1.54) is 6.33 Å². The zero-order chi connectivity index (χ0) is 21.5. The van der Waals surface area contributed by atoms with E-state index in [-0.39, 0.29) is 6.42 Å². The van der Waals surface area contributed by atoms with Crippen LogP contribution in [0.5, 0.6) is 0 Å². The molecular weight excluding hydrogens is 392 g/mol. The van der Waals surface area contributed by atoms with Crippen molar-refractivity contribution in [2.75, 3.05) is 10.6 Å². The zero-order valence-electron chi connectivity index (χ0n) is 16.6. The molecule has 8 nitrogen and oxygen atoms in total. The minimum absolute atomic E-state index is 0.0515. The van der Waals surface area contributed by atoms with Crippen LogP contribution in [0.15, 0.2) is 79.3 Å². The first-order valence-corrected chi connectivity index (χ1v) is 9.67. The summed E-state index contributed by atoms with van der Waals surface area (Å²) in [6.07, 6.45) is 3.09. The van der Waals surface area contributed by atoms with E-state index in [2.05, 4.69) is 30.6 Å². The number of carbonyl (C=O) groups is 1. The van der Waals surface area contributed by atoms with E-state index in [1.807, 2.05) is 48.5 Å². The molecule has 0 fully saturated rings. The molecule has 0 unspecified atom stereocenters. The minimum atomic E-state index is -0.883. The molecule has 0 aliphatic heterocycles. The zero-order valence-corrected chi connectivity index (χ0v) is 16.6. The predicted molar refractivity (Wildman–Crippen MR) is 118 cm³/mol. The summed E-state index contributed by atoms with van der Waals surface area (Å²) in [6.45, 7) is 0.622. The van der Waals surface area contributed by atoms with E-state index in [0.717, 1.165) is 11.1 Å². The third-order valence-corrected chi connectivity index (χ3v) is 4.46. The van der Waals surface area contributed by atoms with Crippen LogP contribution in [0, 0.1) is 0 Å². The molecule has 0 radical (unpaired) electrons. The van der Waals surface area contributed by atoms with Crippen LogP contribution in [-0.2, 0) is 17.8 Å². The second-order valence-electron chi connectivity index (χ2n) is 6.77. The van der Waals surface area contributed by atoms with Crippen molar-refractivity contribution in [2.45, 2.75) is 13.0 Å². The van der Waals surface area contributed by atoms with Crippen molar-refractivity contribution >= 4 is 23.4 Å². The standard InChI is InChI=1S/C23H20N6O2/c30-20(31)13-17-8-4-9-18(12-17)28-23-27-15-26-22(29-23)19-10-5-11-24-21(19)25-14-16-6-2-1-3-7-16/h1-12,15H,13-14H2,(H,24,25)(H,30,31)(H,26,27,28,29). The molecule has 0 aliphatic carbocycles. The van der Waals surface area contributed by atoms with Gasteiger partial charge in [0.25, 0.3) is 0 Å². The molecule has 8 heteroatoms. The Kier molecular flexibility index (Phi) is 6.08. The monoisotopic (exact) mass is 412 g/mol. The number of aliphatic carboxylic acids is 1. The summed E-state index contributed by atoms with van der Waals surface area (Å²) in [6, 6.07) is 20.9. The number of benzene rings is 2. The summed E-state index contributed by atoms with van der Waals surface area (Å²) < 4.78 is 0. The van der Waals surface area contributed by atoms with Crippen LogP contribution in [0.2, 0.25) is 0 Å². The van der Waals surface area contributed by atoms with Crippen molar-refractivity contribution in [3.05, 3.63) is 90.4 Å². The summed E-state index contributed by atoms with van der Waals surface area (Å²) in [5.74, 6) is 0.622. The molecule has 154 valence electrons. The smallest absolute Gasteiger partial charge is 0.307 e. The minimum Gasteiger partial charge on any atom is -0.481 e. The van der Waals surface area contributed by atoms with Crippen molar-refractivity contribution in [1.29, 1.82) is 0 Å². The van der Waals surface area contributed by atoms with Gasteiger partial charge in [0.05, 0.1) is 12.0 Å². The highest BCUT2D eigenvalue weighted by molar-refractivity contribution is 5.72. The van der Waals surface area contributed by atoms with E-state index in [0.29, 0.717) is 35.4 Å². The molecule has 4 aromatic rings. The third kappa shape index (κ3) is 5.39. The summed E-state index contributed by atoms with van der Waals surface area (Å²) in [4.78, 5) is 28.4. The number of hydrogen-bond donors (Lipinski definition) is 3. The number of aromatic nitrogens is 4. The maximum atomic E-state index is 11.0. The van der Waals surface area contributed by atoms with Crippen LogP contribution in [0.3, 0.4) is 0 Å². The van der Waals surface area contributed by atoms with Gasteiger partial charge in [-0.2, -0.15) is 4.98 Å². The molecule has 0 saturated heterocycles. The molecule has 0 aliphatic rings. The van der Waals surface area contributed by atoms with E-state index in [1.54, 1.807) is 24.4 Å². The highest BCUT2D eigenvalue weighted by Gasteiger charge is 2.11. The van der Waals surface area contributed by atoms with Gasteiger partial charge >= 0.3 is 5.97 Å². The number of pyridine rings is 1. The summed E-state index contributed by atoms with van der Waals surface area (Å²) in [7, 11) is 0. The summed E-state index contributed by atoms with van der Waals surface area (Å²) in [5, 5.41) is 15.4. The molecule has 4 rings (SSSR count). The average molecular weight is 412 g/mol. The number of nitrogens with one attached hydrogen (secondary N) is 2. The van der Waals surface area contributed by atoms with Crippen molar-refractivity contribution in [3.63, 3.8) is 0 Å². The van der Waals surface area contributed by atoms with Gasteiger partial charge in [-0.1, -0.05) is 42.5 Å². The highest BCUT2D eigenvalue weighted by atomic mass is 16.4. The molecule has 31 heavy (non-hydrogen) atoms. The fraction of sp³-hybridized carbons (Fsp3) is 0.0870. The van der Waals surface area contributed by atoms with Crippen molar-refractivity contribution in [3.8, 4) is 11.4 Å². The Morgan fingerprint density at radius 2 is 1.74 bits per heavy atom. The summed E-state index contributed by atoms with van der Waals surface area (Å²) in [5.41, 5.74) is 3.28. The average Bonchev–Trinajstić information content (AvgIpc) is 2.79. The van der Waals surface area contributed by atoms with Gasteiger partial charge in [0, 0.05) is 18.4 Å². The third-order valence-electron chi connectivity index (χ3n) is 4.46. The lowest BCUT2D eigenvalue weighted by Crippen LogP contribution is -2.05. The number of carboxylic acids is 1. The van der Waals surface area contributed by atoms with Crippen LogP contribution >= 0.6 is 0 Å². The second-order valence-corrected chi connectivity index (χ2v) is 6.77. The first-order valence-electron chi connectivity index (χ1n) is 9.67. The number of rotatable bonds is 8. The predicted octanol–water partition coefficient (Wildman–Crippen LogP) is 3.92. The van der Waals surface area contributed by atoms with E-state index in [4.69, 9.17) is 5.11 Å². The van der Waals surface area contributed by atoms with Crippen LogP contribution in [0.1, 0.15) is 11.1 Å². The molecule has 2 aromatic heterocycles. The van der Waals surface area contributed by atoms with Crippen molar-refractivity contribution in [1.82, 2.24) is 19.9 Å². The molecule has 0 atom stereocenters. The normalized spacial score (nSPS) is 10.5. The van der Waals surface area contributed by atoms with Gasteiger partial charge in [-0.25, -0.2) is 15.0 Å². The van der Waals surface area contributed by atoms with E-state index in [9.17, 15) is 4.79 Å². The topological polar surface area (TPSA) is 113 Å². The lowest BCUT2D eigenvalue weighted by Gasteiger charge is -2.11. The van der Waals surface area contributed by atoms with Crippen LogP contribution in [0.25, 0.3) is 11.4 Å². The van der Waals surface area contributed by atoms with Crippen LogP contribution < -0.4 is 10.6 Å². The molecule has 2 aromatic carbocycles. The molecular formula is C23H20N6O2. The first-order chi connectivity index (χ1) is 15.2. The van der Waals surface area contributed by atoms with Gasteiger partial charge in [0.2, 0.25) is 5.95 Å². The summed E-state index contributed by atoms with van der Waals surface area (Å²) >= 11 is 0. The van der Waals surface area contributed by atoms with Gasteiger partial charge in [-0.3, -0.25) is 4.79 Å². The lowest BCUT2D eigenvalue weighted by atomic mass is 10.1. The number of hydrogen-bond acceptors (Lipinski definition) is 7. The maximum absolute atomic E-state index is 11.0. The van der Waals surface area contributed by atoms with Gasteiger partial charge in [-0.15, -0.1) is 0 Å². The Hall–Kier alpha value is -4.33. The maximum Gasteiger partial charge on any atom is 0.307 e. The first kappa shape index (κ1) is 20.0. The Morgan fingerprint density at radius 1 is 0.903 bits per heavy atom. The number of carboxylic acid groups (broad SMARTS) is 1. The fourth-order valence-corrected chi connectivity index (χ4v) is 3.06. The lowest BCUT2D eigenvalue weighted by molar-refractivity contribution is -0.136. The second kappa shape index (κ2) is 9.45. The SMILES string of the molecule is O=C(O)Cc1cccc(Nc2ncnc(-c3cccnc3NCc3ccccc3)n2)c1. The van der Waals surface area contributed by atoms with Crippen LogP contribution in [-0.4, -0.2) is 31.0 Å². The Morgan fingerprint density at radius 3 is 2.58 bits per heavy atom. The number of nitrogens with zero attached hydrogens (tertiary/aromatic N) is 4. The van der Waals surface area contributed by atoms with Gasteiger partial charge in [-0.05, 0) is 35.4 Å². The fourth-order valence-electron chi connectivity index (χ4n) is 3.06. The largest absolute Gasteiger partial charge is 0.481 e. The number of anilines is 3. The molecule has 0 bridgehead atoms. The van der Waals surface area contributed by atoms with Gasteiger partial charge < -0.3 is 15.7 Å².